The average molecular weight is 154 g/mol. The maximum Gasteiger partial charge on any atom is 0.0544 e. The third-order valence-corrected chi connectivity index (χ3v) is 3.50. The van der Waals surface area contributed by atoms with E-state index in [2.05, 4.69) is 13.8 Å². The quantitative estimate of drug-likeness (QED) is 0.563. The Hall–Kier alpha value is -0.0400. The maximum absolute atomic E-state index is 5.29. The largest absolute Gasteiger partial charge is 0.380 e. The predicted molar refractivity (Wildman–Crippen MR) is 45.4 cm³/mol. The molecule has 0 aromatic rings. The van der Waals surface area contributed by atoms with Gasteiger partial charge in [-0.3, -0.25) is 0 Å². The summed E-state index contributed by atoms with van der Waals surface area (Å²) in [7, 11) is 0. The van der Waals surface area contributed by atoms with Gasteiger partial charge in [-0.25, -0.2) is 0 Å². The Morgan fingerprint density at radius 2 is 2.09 bits per heavy atom. The smallest absolute Gasteiger partial charge is 0.0544 e. The van der Waals surface area contributed by atoms with E-state index >= 15 is 0 Å². The van der Waals surface area contributed by atoms with E-state index in [0.717, 1.165) is 25.0 Å². The van der Waals surface area contributed by atoms with Crippen LogP contribution in [0.25, 0.3) is 0 Å². The number of hydrogen-bond acceptors (Lipinski definition) is 1. The van der Waals surface area contributed by atoms with E-state index in [-0.39, 0.29) is 0 Å². The lowest BCUT2D eigenvalue weighted by Gasteiger charge is -2.38. The van der Waals surface area contributed by atoms with E-state index in [1.807, 2.05) is 0 Å². The normalized spacial score (nSPS) is 34.6. The second-order valence-corrected chi connectivity index (χ2v) is 4.74. The fourth-order valence-corrected chi connectivity index (χ4v) is 2.47. The zero-order valence-corrected chi connectivity index (χ0v) is 7.60. The Bertz CT molecular complexity index is 147. The lowest BCUT2D eigenvalue weighted by atomic mass is 9.82. The molecule has 1 heterocycles. The summed E-state index contributed by atoms with van der Waals surface area (Å²) in [5.74, 6) is 1.87. The summed E-state index contributed by atoms with van der Waals surface area (Å²) in [6.07, 6.45) is 4.31. The van der Waals surface area contributed by atoms with Crippen LogP contribution in [-0.2, 0) is 4.74 Å². The summed E-state index contributed by atoms with van der Waals surface area (Å²) in [6, 6.07) is 0. The Balaban J connectivity index is 1.93. The first-order valence-corrected chi connectivity index (χ1v) is 4.80. The van der Waals surface area contributed by atoms with Gasteiger partial charge in [0.05, 0.1) is 13.2 Å². The van der Waals surface area contributed by atoms with Gasteiger partial charge in [0.1, 0.15) is 0 Å². The first-order chi connectivity index (χ1) is 5.22. The highest BCUT2D eigenvalue weighted by Gasteiger charge is 2.45. The minimum atomic E-state index is 0.648. The standard InChI is InChI=1S/C10H18O/c1-8(2)9-3-4-10(5-9)6-11-7-10/h8-9H,3-7H2,1-2H3. The number of ether oxygens (including phenoxy) is 1. The average Bonchev–Trinajstić information content (AvgIpc) is 2.28. The van der Waals surface area contributed by atoms with Crippen molar-refractivity contribution in [1.82, 2.24) is 0 Å². The molecule has 0 bridgehead atoms. The molecule has 1 aliphatic heterocycles. The SMILES string of the molecule is CC(C)C1CCC2(COC2)C1. The van der Waals surface area contributed by atoms with E-state index in [0.29, 0.717) is 5.41 Å². The van der Waals surface area contributed by atoms with Crippen LogP contribution in [0.4, 0.5) is 0 Å². The molecule has 1 saturated heterocycles. The van der Waals surface area contributed by atoms with Gasteiger partial charge in [0.25, 0.3) is 0 Å². The molecule has 64 valence electrons. The molecular weight excluding hydrogens is 136 g/mol. The summed E-state index contributed by atoms with van der Waals surface area (Å²) >= 11 is 0. The molecule has 1 spiro atoms. The van der Waals surface area contributed by atoms with Crippen molar-refractivity contribution in [3.63, 3.8) is 0 Å². The number of rotatable bonds is 1. The van der Waals surface area contributed by atoms with Crippen LogP contribution in [0.3, 0.4) is 0 Å². The van der Waals surface area contributed by atoms with Gasteiger partial charge < -0.3 is 4.74 Å². The molecule has 1 nitrogen and oxygen atoms in total. The van der Waals surface area contributed by atoms with Crippen LogP contribution in [0.1, 0.15) is 33.1 Å². The van der Waals surface area contributed by atoms with Crippen molar-refractivity contribution in [1.29, 1.82) is 0 Å². The van der Waals surface area contributed by atoms with Crippen LogP contribution in [0, 0.1) is 17.3 Å². The van der Waals surface area contributed by atoms with Gasteiger partial charge in [0, 0.05) is 5.41 Å². The second kappa shape index (κ2) is 2.48. The van der Waals surface area contributed by atoms with Crippen molar-refractivity contribution >= 4 is 0 Å². The number of hydrogen-bond donors (Lipinski definition) is 0. The van der Waals surface area contributed by atoms with Gasteiger partial charge in [-0.15, -0.1) is 0 Å². The van der Waals surface area contributed by atoms with Crippen molar-refractivity contribution in [2.24, 2.45) is 17.3 Å². The van der Waals surface area contributed by atoms with E-state index in [1.54, 1.807) is 0 Å². The van der Waals surface area contributed by atoms with Crippen LogP contribution in [0.15, 0.2) is 0 Å². The van der Waals surface area contributed by atoms with Crippen LogP contribution in [0.2, 0.25) is 0 Å². The Labute approximate surface area is 69.1 Å². The van der Waals surface area contributed by atoms with E-state index in [4.69, 9.17) is 4.74 Å². The predicted octanol–water partition coefficient (Wildman–Crippen LogP) is 2.46. The van der Waals surface area contributed by atoms with Gasteiger partial charge in [-0.1, -0.05) is 13.8 Å². The van der Waals surface area contributed by atoms with Gasteiger partial charge in [-0.05, 0) is 31.1 Å². The maximum atomic E-state index is 5.29. The summed E-state index contributed by atoms with van der Waals surface area (Å²) in [6.45, 7) is 6.80. The molecular formula is C10H18O. The lowest BCUT2D eigenvalue weighted by Crippen LogP contribution is -2.40. The third kappa shape index (κ3) is 1.20. The second-order valence-electron chi connectivity index (χ2n) is 4.74. The van der Waals surface area contributed by atoms with Crippen LogP contribution in [-0.4, -0.2) is 13.2 Å². The zero-order valence-electron chi connectivity index (χ0n) is 7.60. The van der Waals surface area contributed by atoms with Gasteiger partial charge >= 0.3 is 0 Å². The molecule has 0 aromatic carbocycles. The molecule has 2 aliphatic rings. The molecule has 1 unspecified atom stereocenters. The molecule has 1 atom stereocenters. The molecule has 2 rings (SSSR count). The molecule has 0 radical (unpaired) electrons. The van der Waals surface area contributed by atoms with Crippen molar-refractivity contribution in [3.8, 4) is 0 Å². The van der Waals surface area contributed by atoms with Crippen molar-refractivity contribution in [2.45, 2.75) is 33.1 Å². The van der Waals surface area contributed by atoms with Crippen molar-refractivity contribution < 1.29 is 4.74 Å². The van der Waals surface area contributed by atoms with E-state index in [1.165, 1.54) is 19.3 Å². The van der Waals surface area contributed by atoms with Crippen molar-refractivity contribution in [2.75, 3.05) is 13.2 Å². The minimum absolute atomic E-state index is 0.648. The van der Waals surface area contributed by atoms with Gasteiger partial charge in [0.2, 0.25) is 0 Å². The summed E-state index contributed by atoms with van der Waals surface area (Å²) < 4.78 is 5.29. The van der Waals surface area contributed by atoms with Crippen LogP contribution < -0.4 is 0 Å². The molecule has 0 aromatic heterocycles. The molecule has 1 aliphatic carbocycles. The topological polar surface area (TPSA) is 9.23 Å². The summed E-state index contributed by atoms with van der Waals surface area (Å²) in [4.78, 5) is 0. The highest BCUT2D eigenvalue weighted by atomic mass is 16.5. The van der Waals surface area contributed by atoms with Crippen LogP contribution >= 0.6 is 0 Å². The molecule has 1 heteroatoms. The fraction of sp³-hybridized carbons (Fsp3) is 1.00. The molecule has 2 fully saturated rings. The van der Waals surface area contributed by atoms with E-state index in [9.17, 15) is 0 Å². The highest BCUT2D eigenvalue weighted by Crippen LogP contribution is 2.48. The molecule has 11 heavy (non-hydrogen) atoms. The van der Waals surface area contributed by atoms with Crippen molar-refractivity contribution in [3.05, 3.63) is 0 Å². The molecule has 0 N–H and O–H groups in total. The zero-order chi connectivity index (χ0) is 7.90. The first-order valence-electron chi connectivity index (χ1n) is 4.80. The molecule has 1 saturated carbocycles. The molecule has 0 amide bonds. The monoisotopic (exact) mass is 154 g/mol. The Kier molecular flexibility index (Phi) is 1.71. The Morgan fingerprint density at radius 3 is 2.36 bits per heavy atom. The first kappa shape index (κ1) is 7.60. The Morgan fingerprint density at radius 1 is 1.36 bits per heavy atom. The third-order valence-electron chi connectivity index (χ3n) is 3.50. The van der Waals surface area contributed by atoms with Gasteiger partial charge in [-0.2, -0.15) is 0 Å². The summed E-state index contributed by atoms with van der Waals surface area (Å²) in [5.41, 5.74) is 0.648. The van der Waals surface area contributed by atoms with E-state index < -0.39 is 0 Å². The summed E-state index contributed by atoms with van der Waals surface area (Å²) in [5, 5.41) is 0. The minimum Gasteiger partial charge on any atom is -0.380 e. The highest BCUT2D eigenvalue weighted by molar-refractivity contribution is 4.94. The fourth-order valence-electron chi connectivity index (χ4n) is 2.47. The lowest BCUT2D eigenvalue weighted by molar-refractivity contribution is -0.111. The van der Waals surface area contributed by atoms with Crippen LogP contribution in [0.5, 0.6) is 0 Å². The van der Waals surface area contributed by atoms with Gasteiger partial charge in [0.15, 0.2) is 0 Å².